The first-order chi connectivity index (χ1) is 11.8. The van der Waals surface area contributed by atoms with E-state index in [1.165, 1.54) is 0 Å². The highest BCUT2D eigenvalue weighted by molar-refractivity contribution is 5.87. The summed E-state index contributed by atoms with van der Waals surface area (Å²) in [5, 5.41) is 0. The van der Waals surface area contributed by atoms with E-state index in [0.29, 0.717) is 25.9 Å². The molecule has 8 heteroatoms. The number of alkyl halides is 3. The third kappa shape index (κ3) is 3.29. The lowest BCUT2D eigenvalue weighted by Gasteiger charge is -2.40. The largest absolute Gasteiger partial charge is 0.433 e. The Balaban J connectivity index is 1.82. The molecule has 132 valence electrons. The number of anilines is 1. The Kier molecular flexibility index (Phi) is 4.36. The van der Waals surface area contributed by atoms with Crippen molar-refractivity contribution in [2.75, 3.05) is 18.0 Å². The van der Waals surface area contributed by atoms with Crippen LogP contribution in [0.5, 0.6) is 0 Å². The number of carbonyl (C=O) groups is 1. The summed E-state index contributed by atoms with van der Waals surface area (Å²) in [6, 6.07) is 10.1. The van der Waals surface area contributed by atoms with Crippen molar-refractivity contribution in [2.24, 2.45) is 5.73 Å². The highest BCUT2D eigenvalue weighted by Gasteiger charge is 2.42. The van der Waals surface area contributed by atoms with E-state index >= 15 is 0 Å². The highest BCUT2D eigenvalue weighted by atomic mass is 19.4. The Morgan fingerprint density at radius 1 is 1.12 bits per heavy atom. The Hall–Kier alpha value is -2.64. The van der Waals surface area contributed by atoms with Gasteiger partial charge in [-0.25, -0.2) is 9.97 Å². The van der Waals surface area contributed by atoms with Gasteiger partial charge in [0.25, 0.3) is 0 Å². The molecule has 1 amide bonds. The minimum atomic E-state index is -4.52. The summed E-state index contributed by atoms with van der Waals surface area (Å²) in [5.74, 6) is -0.413. The molecule has 1 aliphatic rings. The van der Waals surface area contributed by atoms with Crippen LogP contribution >= 0.6 is 0 Å². The van der Waals surface area contributed by atoms with Gasteiger partial charge >= 0.3 is 6.18 Å². The predicted molar refractivity (Wildman–Crippen MR) is 85.8 cm³/mol. The average Bonchev–Trinajstić information content (AvgIpc) is 2.62. The van der Waals surface area contributed by atoms with Gasteiger partial charge in [-0.05, 0) is 24.5 Å². The molecular weight excluding hydrogens is 333 g/mol. The molecule has 2 aromatic rings. The van der Waals surface area contributed by atoms with Crippen LogP contribution in [0.2, 0.25) is 0 Å². The quantitative estimate of drug-likeness (QED) is 0.923. The number of primary amides is 1. The van der Waals surface area contributed by atoms with Crippen molar-refractivity contribution in [1.29, 1.82) is 0 Å². The predicted octanol–water partition coefficient (Wildman–Crippen LogP) is 2.52. The summed E-state index contributed by atoms with van der Waals surface area (Å²) in [5.41, 5.74) is 4.69. The van der Waals surface area contributed by atoms with Crippen molar-refractivity contribution in [3.63, 3.8) is 0 Å². The van der Waals surface area contributed by atoms with Gasteiger partial charge in [0.05, 0.1) is 5.41 Å². The van der Waals surface area contributed by atoms with E-state index in [0.717, 1.165) is 17.8 Å². The number of hydrogen-bond acceptors (Lipinski definition) is 4. The molecule has 3 rings (SSSR count). The smallest absolute Gasteiger partial charge is 0.369 e. The number of rotatable bonds is 3. The molecule has 1 aromatic carbocycles. The van der Waals surface area contributed by atoms with Crippen molar-refractivity contribution in [2.45, 2.75) is 24.4 Å². The third-order valence-corrected chi connectivity index (χ3v) is 4.63. The van der Waals surface area contributed by atoms with Crippen LogP contribution in [0, 0.1) is 0 Å². The number of hydrogen-bond donors (Lipinski definition) is 1. The minimum absolute atomic E-state index is 0.0148. The molecule has 0 bridgehead atoms. The number of carbonyl (C=O) groups excluding carboxylic acids is 1. The van der Waals surface area contributed by atoms with E-state index in [4.69, 9.17) is 5.73 Å². The van der Waals surface area contributed by atoms with Crippen LogP contribution in [0.3, 0.4) is 0 Å². The van der Waals surface area contributed by atoms with Gasteiger partial charge in [-0.3, -0.25) is 4.79 Å². The number of aromatic nitrogens is 2. The second-order valence-corrected chi connectivity index (χ2v) is 6.04. The summed E-state index contributed by atoms with van der Waals surface area (Å²) in [6.07, 6.45) is -2.63. The van der Waals surface area contributed by atoms with Crippen LogP contribution in [0.1, 0.15) is 24.1 Å². The number of amides is 1. The van der Waals surface area contributed by atoms with Crippen LogP contribution in [-0.2, 0) is 16.4 Å². The maximum atomic E-state index is 12.8. The van der Waals surface area contributed by atoms with Gasteiger partial charge in [0.15, 0.2) is 0 Å². The van der Waals surface area contributed by atoms with Gasteiger partial charge < -0.3 is 10.6 Å². The van der Waals surface area contributed by atoms with Gasteiger partial charge in [-0.15, -0.1) is 0 Å². The first-order valence-corrected chi connectivity index (χ1v) is 7.83. The van der Waals surface area contributed by atoms with E-state index < -0.39 is 23.2 Å². The highest BCUT2D eigenvalue weighted by Crippen LogP contribution is 2.36. The molecule has 2 heterocycles. The van der Waals surface area contributed by atoms with Crippen molar-refractivity contribution in [3.8, 4) is 0 Å². The molecule has 5 nitrogen and oxygen atoms in total. The summed E-state index contributed by atoms with van der Waals surface area (Å²) in [6.45, 7) is 0.693. The number of piperidine rings is 1. The standard InChI is InChI=1S/C17H17F3N4O/c18-17(19,20)13-6-9-22-15(23-13)24-10-7-16(8-11-24,14(21)25)12-4-2-1-3-5-12/h1-6,9H,7-8,10-11H2,(H2,21,25). The lowest BCUT2D eigenvalue weighted by molar-refractivity contribution is -0.141. The molecule has 1 saturated heterocycles. The molecule has 25 heavy (non-hydrogen) atoms. The van der Waals surface area contributed by atoms with Crippen LogP contribution in [0.4, 0.5) is 19.1 Å². The maximum Gasteiger partial charge on any atom is 0.433 e. The normalized spacial score (nSPS) is 17.3. The number of halogens is 3. The van der Waals surface area contributed by atoms with Gasteiger partial charge in [-0.1, -0.05) is 30.3 Å². The monoisotopic (exact) mass is 350 g/mol. The Labute approximate surface area is 142 Å². The molecular formula is C17H17F3N4O. The van der Waals surface area contributed by atoms with Gasteiger partial charge in [-0.2, -0.15) is 13.2 Å². The minimum Gasteiger partial charge on any atom is -0.369 e. The summed E-state index contributed by atoms with van der Waals surface area (Å²) < 4.78 is 38.4. The fourth-order valence-corrected chi connectivity index (χ4v) is 3.18. The lowest BCUT2D eigenvalue weighted by Crippen LogP contribution is -2.50. The topological polar surface area (TPSA) is 72.1 Å². The van der Waals surface area contributed by atoms with Crippen molar-refractivity contribution < 1.29 is 18.0 Å². The summed E-state index contributed by atoms with van der Waals surface area (Å²) >= 11 is 0. The second kappa shape index (κ2) is 6.34. The van der Waals surface area contributed by atoms with E-state index in [1.807, 2.05) is 30.3 Å². The average molecular weight is 350 g/mol. The Morgan fingerprint density at radius 2 is 1.76 bits per heavy atom. The van der Waals surface area contributed by atoms with Gasteiger partial charge in [0.1, 0.15) is 5.69 Å². The van der Waals surface area contributed by atoms with Crippen molar-refractivity contribution in [1.82, 2.24) is 9.97 Å². The van der Waals surface area contributed by atoms with Gasteiger partial charge in [0.2, 0.25) is 11.9 Å². The molecule has 0 saturated carbocycles. The third-order valence-electron chi connectivity index (χ3n) is 4.63. The fraction of sp³-hybridized carbons (Fsp3) is 0.353. The van der Waals surface area contributed by atoms with Gasteiger partial charge in [0, 0.05) is 19.3 Å². The molecule has 2 N–H and O–H groups in total. The molecule has 0 atom stereocenters. The van der Waals surface area contributed by atoms with E-state index in [1.54, 1.807) is 4.90 Å². The number of nitrogens with two attached hydrogens (primary N) is 1. The molecule has 0 radical (unpaired) electrons. The zero-order valence-corrected chi connectivity index (χ0v) is 13.3. The Morgan fingerprint density at radius 3 is 2.32 bits per heavy atom. The lowest BCUT2D eigenvalue weighted by atomic mass is 9.72. The van der Waals surface area contributed by atoms with E-state index in [2.05, 4.69) is 9.97 Å². The molecule has 0 spiro atoms. The first kappa shape index (κ1) is 17.2. The van der Waals surface area contributed by atoms with Crippen molar-refractivity contribution in [3.05, 3.63) is 53.9 Å². The zero-order valence-electron chi connectivity index (χ0n) is 13.3. The van der Waals surface area contributed by atoms with Crippen LogP contribution in [-0.4, -0.2) is 29.0 Å². The SMILES string of the molecule is NC(=O)C1(c2ccccc2)CCN(c2nccc(C(F)(F)F)n2)CC1. The van der Waals surface area contributed by atoms with Crippen LogP contribution in [0.15, 0.2) is 42.6 Å². The Bertz CT molecular complexity index is 756. The van der Waals surface area contributed by atoms with Crippen LogP contribution < -0.4 is 10.6 Å². The summed E-state index contributed by atoms with van der Waals surface area (Å²) in [4.78, 5) is 21.3. The molecule has 0 unspecified atom stereocenters. The molecule has 1 aromatic heterocycles. The fourth-order valence-electron chi connectivity index (χ4n) is 3.18. The number of nitrogens with zero attached hydrogens (tertiary/aromatic N) is 3. The molecule has 0 aliphatic carbocycles. The number of benzene rings is 1. The second-order valence-electron chi connectivity index (χ2n) is 6.04. The van der Waals surface area contributed by atoms with Crippen LogP contribution in [0.25, 0.3) is 0 Å². The van der Waals surface area contributed by atoms with E-state index in [-0.39, 0.29) is 5.95 Å². The van der Waals surface area contributed by atoms with E-state index in [9.17, 15) is 18.0 Å². The maximum absolute atomic E-state index is 12.8. The molecule has 1 aliphatic heterocycles. The zero-order chi connectivity index (χ0) is 18.1. The first-order valence-electron chi connectivity index (χ1n) is 7.83. The van der Waals surface area contributed by atoms with Crippen molar-refractivity contribution >= 4 is 11.9 Å². The molecule has 1 fully saturated rings. The summed E-state index contributed by atoms with van der Waals surface area (Å²) in [7, 11) is 0.